The highest BCUT2D eigenvalue weighted by Crippen LogP contribution is 2.52. The van der Waals surface area contributed by atoms with Crippen molar-refractivity contribution in [3.63, 3.8) is 0 Å². The van der Waals surface area contributed by atoms with Crippen LogP contribution in [0.5, 0.6) is 5.75 Å². The van der Waals surface area contributed by atoms with E-state index in [4.69, 9.17) is 14.2 Å². The second-order valence-electron chi connectivity index (χ2n) is 8.00. The Balaban J connectivity index is 1.64. The van der Waals surface area contributed by atoms with Crippen molar-refractivity contribution < 1.29 is 14.2 Å². The number of unbranched alkanes of at least 4 members (excludes halogenated alkanes) is 1. The summed E-state index contributed by atoms with van der Waals surface area (Å²) in [4.78, 5) is 0. The fourth-order valence-corrected chi connectivity index (χ4v) is 4.40. The standard InChI is InChI=1S/C20H28O3/c1-4-5-8-15-12-14-7-6-9-16-18(14)17(21-15)13-20(22-16)11-10-19(2,3)23-20/h6-7,9,15,17H,4-5,8,10-13H2,1-3H3. The van der Waals surface area contributed by atoms with Gasteiger partial charge in [-0.15, -0.1) is 0 Å². The van der Waals surface area contributed by atoms with Crippen molar-refractivity contribution >= 4 is 0 Å². The molecule has 23 heavy (non-hydrogen) atoms. The molecule has 0 bridgehead atoms. The lowest BCUT2D eigenvalue weighted by atomic mass is 9.86. The molecule has 0 radical (unpaired) electrons. The number of hydrogen-bond donors (Lipinski definition) is 0. The van der Waals surface area contributed by atoms with Crippen LogP contribution in [0, 0.1) is 0 Å². The van der Waals surface area contributed by atoms with E-state index in [0.29, 0.717) is 6.10 Å². The molecule has 3 unspecified atom stereocenters. The first kappa shape index (κ1) is 15.5. The summed E-state index contributed by atoms with van der Waals surface area (Å²) in [6, 6.07) is 6.44. The highest BCUT2D eigenvalue weighted by atomic mass is 16.7. The van der Waals surface area contributed by atoms with Gasteiger partial charge in [0.15, 0.2) is 0 Å². The largest absolute Gasteiger partial charge is 0.462 e. The third-order valence-corrected chi connectivity index (χ3v) is 5.52. The van der Waals surface area contributed by atoms with Crippen LogP contribution in [0.2, 0.25) is 0 Å². The number of hydrogen-bond acceptors (Lipinski definition) is 3. The predicted octanol–water partition coefficient (Wildman–Crippen LogP) is 4.93. The van der Waals surface area contributed by atoms with E-state index in [0.717, 1.165) is 37.9 Å². The number of rotatable bonds is 3. The van der Waals surface area contributed by atoms with Crippen molar-refractivity contribution in [3.05, 3.63) is 29.3 Å². The number of ether oxygens (including phenoxy) is 3. The van der Waals surface area contributed by atoms with Gasteiger partial charge in [0.1, 0.15) is 5.75 Å². The van der Waals surface area contributed by atoms with Crippen LogP contribution in [-0.2, 0) is 15.9 Å². The normalized spacial score (nSPS) is 34.2. The molecule has 3 heterocycles. The minimum Gasteiger partial charge on any atom is -0.462 e. The van der Waals surface area contributed by atoms with Gasteiger partial charge in [0.2, 0.25) is 5.79 Å². The van der Waals surface area contributed by atoms with E-state index in [1.165, 1.54) is 24.0 Å². The summed E-state index contributed by atoms with van der Waals surface area (Å²) in [5, 5.41) is 0. The molecule has 0 N–H and O–H groups in total. The first-order chi connectivity index (χ1) is 11.0. The topological polar surface area (TPSA) is 27.7 Å². The molecule has 1 spiro atoms. The summed E-state index contributed by atoms with van der Waals surface area (Å²) >= 11 is 0. The van der Waals surface area contributed by atoms with E-state index >= 15 is 0 Å². The highest BCUT2D eigenvalue weighted by Gasteiger charge is 2.52. The van der Waals surface area contributed by atoms with Crippen molar-refractivity contribution in [3.8, 4) is 5.75 Å². The second kappa shape index (κ2) is 5.49. The molecule has 1 aromatic carbocycles. The van der Waals surface area contributed by atoms with E-state index in [1.54, 1.807) is 0 Å². The number of benzene rings is 1. The lowest BCUT2D eigenvalue weighted by Gasteiger charge is -2.44. The Morgan fingerprint density at radius 1 is 1.22 bits per heavy atom. The van der Waals surface area contributed by atoms with E-state index in [1.807, 2.05) is 0 Å². The molecule has 3 atom stereocenters. The predicted molar refractivity (Wildman–Crippen MR) is 89.7 cm³/mol. The van der Waals surface area contributed by atoms with E-state index in [-0.39, 0.29) is 11.7 Å². The van der Waals surface area contributed by atoms with Crippen LogP contribution in [0.1, 0.15) is 76.5 Å². The van der Waals surface area contributed by atoms with Crippen LogP contribution < -0.4 is 4.74 Å². The highest BCUT2D eigenvalue weighted by molar-refractivity contribution is 5.45. The van der Waals surface area contributed by atoms with Crippen molar-refractivity contribution in [1.82, 2.24) is 0 Å². The lowest BCUT2D eigenvalue weighted by molar-refractivity contribution is -0.230. The van der Waals surface area contributed by atoms with Crippen LogP contribution in [0.25, 0.3) is 0 Å². The van der Waals surface area contributed by atoms with Gasteiger partial charge in [-0.1, -0.05) is 31.9 Å². The molecule has 126 valence electrons. The summed E-state index contributed by atoms with van der Waals surface area (Å²) in [5.41, 5.74) is 2.58. The smallest absolute Gasteiger partial charge is 0.213 e. The fourth-order valence-electron chi connectivity index (χ4n) is 4.40. The molecule has 3 heteroatoms. The lowest BCUT2D eigenvalue weighted by Crippen LogP contribution is -2.45. The zero-order valence-corrected chi connectivity index (χ0v) is 14.6. The third-order valence-electron chi connectivity index (χ3n) is 5.52. The Labute approximate surface area is 139 Å². The SMILES string of the molecule is CCCCC1Cc2cccc3c2C(CC2(CCC(C)(C)O2)O3)O1. The van der Waals surface area contributed by atoms with Gasteiger partial charge in [-0.2, -0.15) is 0 Å². The van der Waals surface area contributed by atoms with Crippen LogP contribution >= 0.6 is 0 Å². The summed E-state index contributed by atoms with van der Waals surface area (Å²) in [6.07, 6.45) is 7.89. The fraction of sp³-hybridized carbons (Fsp3) is 0.700. The van der Waals surface area contributed by atoms with Gasteiger partial charge in [0, 0.05) is 18.4 Å². The molecular weight excluding hydrogens is 288 g/mol. The molecule has 1 aromatic rings. The maximum atomic E-state index is 6.49. The molecule has 0 amide bonds. The summed E-state index contributed by atoms with van der Waals surface area (Å²) in [5.74, 6) is 0.484. The molecule has 3 nitrogen and oxygen atoms in total. The van der Waals surface area contributed by atoms with Crippen LogP contribution in [0.3, 0.4) is 0 Å². The minimum absolute atomic E-state index is 0.106. The Morgan fingerprint density at radius 2 is 2.09 bits per heavy atom. The summed E-state index contributed by atoms with van der Waals surface area (Å²) in [6.45, 7) is 6.55. The van der Waals surface area contributed by atoms with Crippen molar-refractivity contribution in [2.45, 2.75) is 89.3 Å². The maximum Gasteiger partial charge on any atom is 0.213 e. The zero-order valence-electron chi connectivity index (χ0n) is 14.6. The van der Waals surface area contributed by atoms with Crippen LogP contribution in [-0.4, -0.2) is 17.5 Å². The molecule has 1 saturated heterocycles. The Hall–Kier alpha value is -1.06. The van der Waals surface area contributed by atoms with Crippen molar-refractivity contribution in [2.75, 3.05) is 0 Å². The zero-order chi connectivity index (χ0) is 16.1. The summed E-state index contributed by atoms with van der Waals surface area (Å²) in [7, 11) is 0. The molecular formula is C20H28O3. The average Bonchev–Trinajstić information content (AvgIpc) is 2.79. The monoisotopic (exact) mass is 316 g/mol. The molecule has 0 saturated carbocycles. The molecule has 3 aliphatic rings. The van der Waals surface area contributed by atoms with Gasteiger partial charge in [0.05, 0.1) is 17.8 Å². The average molecular weight is 316 g/mol. The molecule has 0 aliphatic carbocycles. The van der Waals surface area contributed by atoms with E-state index < -0.39 is 5.79 Å². The van der Waals surface area contributed by atoms with Crippen molar-refractivity contribution in [1.29, 1.82) is 0 Å². The van der Waals surface area contributed by atoms with Gasteiger partial charge in [-0.05, 0) is 44.7 Å². The maximum absolute atomic E-state index is 6.49. The molecule has 3 aliphatic heterocycles. The molecule has 0 aromatic heterocycles. The van der Waals surface area contributed by atoms with Crippen molar-refractivity contribution in [2.24, 2.45) is 0 Å². The van der Waals surface area contributed by atoms with Crippen LogP contribution in [0.4, 0.5) is 0 Å². The summed E-state index contributed by atoms with van der Waals surface area (Å²) < 4.78 is 19.2. The Morgan fingerprint density at radius 3 is 2.83 bits per heavy atom. The quantitative estimate of drug-likeness (QED) is 0.791. The first-order valence-electron chi connectivity index (χ1n) is 9.17. The van der Waals surface area contributed by atoms with Gasteiger partial charge >= 0.3 is 0 Å². The second-order valence-corrected chi connectivity index (χ2v) is 8.00. The molecule has 1 fully saturated rings. The Bertz CT molecular complexity index is 595. The van der Waals surface area contributed by atoms with E-state index in [9.17, 15) is 0 Å². The van der Waals surface area contributed by atoms with Gasteiger partial charge < -0.3 is 14.2 Å². The third kappa shape index (κ3) is 2.78. The minimum atomic E-state index is -0.494. The first-order valence-corrected chi connectivity index (χ1v) is 9.17. The van der Waals surface area contributed by atoms with Gasteiger partial charge in [0.25, 0.3) is 0 Å². The Kier molecular flexibility index (Phi) is 3.69. The van der Waals surface area contributed by atoms with E-state index in [2.05, 4.69) is 39.0 Å². The van der Waals surface area contributed by atoms with Crippen LogP contribution in [0.15, 0.2) is 18.2 Å². The molecule has 4 rings (SSSR count). The van der Waals surface area contributed by atoms with Gasteiger partial charge in [-0.25, -0.2) is 0 Å². The van der Waals surface area contributed by atoms with Gasteiger partial charge in [-0.3, -0.25) is 0 Å².